The number of aliphatic hydroxyl groups is 1. The molecule has 39 heavy (non-hydrogen) atoms. The molecular weight excluding hydrogens is 492 g/mol. The van der Waals surface area contributed by atoms with Gasteiger partial charge in [-0.15, -0.1) is 5.10 Å². The van der Waals surface area contributed by atoms with Gasteiger partial charge in [-0.05, 0) is 61.0 Å². The Morgan fingerprint density at radius 2 is 1.72 bits per heavy atom. The van der Waals surface area contributed by atoms with E-state index in [1.54, 1.807) is 4.90 Å². The molecule has 1 aromatic carbocycles. The van der Waals surface area contributed by atoms with Gasteiger partial charge in [0.05, 0.1) is 24.0 Å². The number of β-amino-alcohol motifs (C(OH)–C–C–N with tert-alkyl or cyclic N) is 1. The van der Waals surface area contributed by atoms with E-state index in [9.17, 15) is 9.90 Å². The van der Waals surface area contributed by atoms with E-state index in [1.165, 1.54) is 16.7 Å². The normalized spacial score (nSPS) is 20.0. The number of hydrogen-bond acceptors (Lipinski definition) is 7. The Morgan fingerprint density at radius 3 is 2.49 bits per heavy atom. The first-order chi connectivity index (χ1) is 19.1. The monoisotopic (exact) mass is 530 g/mol. The molecule has 3 aliphatic rings. The molecule has 0 aliphatic carbocycles. The number of nitrogens with one attached hydrogen (secondary N) is 1. The van der Waals surface area contributed by atoms with Crippen LogP contribution in [0.1, 0.15) is 46.8 Å². The number of aromatic nitrogens is 4. The van der Waals surface area contributed by atoms with Gasteiger partial charge >= 0.3 is 6.03 Å². The molecule has 0 unspecified atom stereocenters. The van der Waals surface area contributed by atoms with Crippen LogP contribution in [0.25, 0.3) is 0 Å². The first kappa shape index (κ1) is 25.9. The minimum Gasteiger partial charge on any atom is -0.390 e. The van der Waals surface area contributed by atoms with Crippen LogP contribution in [0.15, 0.2) is 48.8 Å². The van der Waals surface area contributed by atoms with Gasteiger partial charge in [-0.2, -0.15) is 0 Å². The molecule has 10 nitrogen and oxygen atoms in total. The number of H-pyrrole nitrogens is 1. The summed E-state index contributed by atoms with van der Waals surface area (Å²) >= 11 is 0. The standard InChI is InChI=1S/C29H38N8O2/c38-28(20-35-12-9-22-3-1-2-4-25(22)17-35)21-37-14-13-36(29(37)39)19-26-6-5-24(15-30-26)23-7-10-34(11-8-23)18-27-16-31-33-32-27/h1-6,15-16,23,28,38H,7-14,17-21H2,(H,31,32,33)/t28-/m1/s1. The zero-order valence-electron chi connectivity index (χ0n) is 22.5. The molecular formula is C29H38N8O2. The molecule has 0 radical (unpaired) electrons. The Balaban J connectivity index is 0.947. The number of amides is 2. The molecule has 3 aromatic rings. The van der Waals surface area contributed by atoms with Crippen LogP contribution in [0.3, 0.4) is 0 Å². The highest BCUT2D eigenvalue weighted by molar-refractivity contribution is 5.76. The van der Waals surface area contributed by atoms with E-state index in [0.29, 0.717) is 38.6 Å². The molecule has 2 fully saturated rings. The van der Waals surface area contributed by atoms with Crippen molar-refractivity contribution in [1.29, 1.82) is 0 Å². The lowest BCUT2D eigenvalue weighted by Gasteiger charge is -2.31. The van der Waals surface area contributed by atoms with E-state index in [-0.39, 0.29) is 6.03 Å². The highest BCUT2D eigenvalue weighted by Gasteiger charge is 2.31. The zero-order valence-corrected chi connectivity index (χ0v) is 22.5. The van der Waals surface area contributed by atoms with Crippen LogP contribution in [0.2, 0.25) is 0 Å². The minimum absolute atomic E-state index is 0.0107. The van der Waals surface area contributed by atoms with E-state index in [0.717, 1.165) is 63.4 Å². The fraction of sp³-hybridized carbons (Fsp3) is 0.517. The lowest BCUT2D eigenvalue weighted by atomic mass is 9.90. The second-order valence-electron chi connectivity index (χ2n) is 11.2. The van der Waals surface area contributed by atoms with Crippen LogP contribution in [-0.2, 0) is 26.1 Å². The molecule has 3 aliphatic heterocycles. The van der Waals surface area contributed by atoms with Gasteiger partial charge < -0.3 is 14.9 Å². The second kappa shape index (κ2) is 11.8. The van der Waals surface area contributed by atoms with Gasteiger partial charge in [-0.1, -0.05) is 35.5 Å². The molecule has 6 rings (SSSR count). The minimum atomic E-state index is -0.557. The maximum atomic E-state index is 13.0. The summed E-state index contributed by atoms with van der Waals surface area (Å²) in [6.07, 6.45) is 6.50. The van der Waals surface area contributed by atoms with Crippen molar-refractivity contribution in [3.63, 3.8) is 0 Å². The average Bonchev–Trinajstić information content (AvgIpc) is 3.59. The Bertz CT molecular complexity index is 1230. The lowest BCUT2D eigenvalue weighted by molar-refractivity contribution is 0.0812. The van der Waals surface area contributed by atoms with Crippen LogP contribution < -0.4 is 0 Å². The first-order valence-electron chi connectivity index (χ1n) is 14.1. The summed E-state index contributed by atoms with van der Waals surface area (Å²) in [7, 11) is 0. The third-order valence-corrected chi connectivity index (χ3v) is 8.40. The van der Waals surface area contributed by atoms with Gasteiger partial charge in [0, 0.05) is 58.2 Å². The van der Waals surface area contributed by atoms with Gasteiger partial charge in [0.1, 0.15) is 0 Å². The van der Waals surface area contributed by atoms with Crippen molar-refractivity contribution in [2.75, 3.05) is 45.8 Å². The van der Waals surface area contributed by atoms with Crippen molar-refractivity contribution >= 4 is 6.03 Å². The van der Waals surface area contributed by atoms with Gasteiger partial charge in [-0.3, -0.25) is 19.9 Å². The summed E-state index contributed by atoms with van der Waals surface area (Å²) in [5, 5.41) is 21.4. The first-order valence-corrected chi connectivity index (χ1v) is 14.1. The lowest BCUT2D eigenvalue weighted by Crippen LogP contribution is -2.43. The third-order valence-electron chi connectivity index (χ3n) is 8.40. The van der Waals surface area contributed by atoms with Gasteiger partial charge in [0.25, 0.3) is 0 Å². The number of benzene rings is 1. The molecule has 0 saturated carbocycles. The predicted octanol–water partition coefficient (Wildman–Crippen LogP) is 2.24. The van der Waals surface area contributed by atoms with Crippen molar-refractivity contribution in [3.05, 3.63) is 76.9 Å². The number of aliphatic hydroxyl groups excluding tert-OH is 1. The van der Waals surface area contributed by atoms with Gasteiger partial charge in [0.2, 0.25) is 0 Å². The average molecular weight is 531 g/mol. The number of fused-ring (bicyclic) bond motifs is 1. The maximum absolute atomic E-state index is 13.0. The van der Waals surface area contributed by atoms with Crippen molar-refractivity contribution in [1.82, 2.24) is 40.0 Å². The number of aromatic amines is 1. The van der Waals surface area contributed by atoms with E-state index >= 15 is 0 Å². The Morgan fingerprint density at radius 1 is 0.897 bits per heavy atom. The molecule has 10 heteroatoms. The van der Waals surface area contributed by atoms with Crippen molar-refractivity contribution in [2.45, 2.75) is 50.9 Å². The maximum Gasteiger partial charge on any atom is 0.320 e. The third kappa shape index (κ3) is 6.29. The number of carbonyl (C=O) groups excluding carboxylic acids is 1. The summed E-state index contributed by atoms with van der Waals surface area (Å²) in [4.78, 5) is 26.1. The fourth-order valence-corrected chi connectivity index (χ4v) is 6.19. The predicted molar refractivity (Wildman–Crippen MR) is 147 cm³/mol. The number of likely N-dealkylation sites (tertiary alicyclic amines) is 1. The summed E-state index contributed by atoms with van der Waals surface area (Å²) < 4.78 is 0. The van der Waals surface area contributed by atoms with E-state index in [1.807, 2.05) is 17.3 Å². The van der Waals surface area contributed by atoms with Crippen molar-refractivity contribution < 1.29 is 9.90 Å². The number of hydrogen-bond donors (Lipinski definition) is 2. The SMILES string of the molecule is O=C1N(Cc2ccc(C3CCN(Cc4c[nH]nn4)CC3)cn2)CCN1C[C@H](O)CN1CCc2ccccc2C1. The smallest absolute Gasteiger partial charge is 0.320 e. The Kier molecular flexibility index (Phi) is 7.85. The largest absolute Gasteiger partial charge is 0.390 e. The van der Waals surface area contributed by atoms with Crippen LogP contribution in [0, 0.1) is 0 Å². The van der Waals surface area contributed by atoms with Crippen LogP contribution in [0.4, 0.5) is 4.79 Å². The summed E-state index contributed by atoms with van der Waals surface area (Å²) in [6.45, 7) is 7.47. The summed E-state index contributed by atoms with van der Waals surface area (Å²) in [5.74, 6) is 0.513. The molecule has 2 amide bonds. The Hall–Kier alpha value is -3.34. The molecule has 2 saturated heterocycles. The quantitative estimate of drug-likeness (QED) is 0.437. The van der Waals surface area contributed by atoms with Gasteiger partial charge in [0.15, 0.2) is 0 Å². The molecule has 2 N–H and O–H groups in total. The van der Waals surface area contributed by atoms with Crippen molar-refractivity contribution in [3.8, 4) is 0 Å². The fourth-order valence-electron chi connectivity index (χ4n) is 6.19. The van der Waals surface area contributed by atoms with Crippen molar-refractivity contribution in [2.24, 2.45) is 0 Å². The molecule has 0 bridgehead atoms. The number of nitrogens with zero attached hydrogens (tertiary/aromatic N) is 7. The zero-order chi connectivity index (χ0) is 26.6. The van der Waals surface area contributed by atoms with Gasteiger partial charge in [-0.25, -0.2) is 4.79 Å². The van der Waals surface area contributed by atoms with Crippen LogP contribution in [-0.4, -0.2) is 103 Å². The van der Waals surface area contributed by atoms with Crippen LogP contribution in [0.5, 0.6) is 0 Å². The molecule has 206 valence electrons. The highest BCUT2D eigenvalue weighted by Crippen LogP contribution is 2.28. The molecule has 5 heterocycles. The number of urea groups is 1. The van der Waals surface area contributed by atoms with Crippen LogP contribution >= 0.6 is 0 Å². The molecule has 0 spiro atoms. The number of rotatable bonds is 9. The number of piperidine rings is 1. The topological polar surface area (TPSA) is 105 Å². The molecule has 2 aromatic heterocycles. The summed E-state index contributed by atoms with van der Waals surface area (Å²) in [6, 6.07) is 12.8. The van der Waals surface area contributed by atoms with E-state index in [2.05, 4.69) is 61.6 Å². The van der Waals surface area contributed by atoms with E-state index in [4.69, 9.17) is 4.98 Å². The number of carbonyl (C=O) groups is 1. The highest BCUT2D eigenvalue weighted by atomic mass is 16.3. The number of pyridine rings is 1. The molecule has 1 atom stereocenters. The Labute approximate surface area is 229 Å². The second-order valence-corrected chi connectivity index (χ2v) is 11.2. The van der Waals surface area contributed by atoms with E-state index < -0.39 is 6.10 Å². The summed E-state index contributed by atoms with van der Waals surface area (Å²) in [5.41, 5.74) is 5.91.